The van der Waals surface area contributed by atoms with Crippen LogP contribution in [-0.4, -0.2) is 44.5 Å². The van der Waals surface area contributed by atoms with Crippen LogP contribution in [0.3, 0.4) is 0 Å². The van der Waals surface area contributed by atoms with Crippen molar-refractivity contribution in [1.82, 2.24) is 4.90 Å². The highest BCUT2D eigenvalue weighted by molar-refractivity contribution is 5.98. The second-order valence-corrected chi connectivity index (χ2v) is 4.82. The Morgan fingerprint density at radius 3 is 2.38 bits per heavy atom. The number of benzene rings is 1. The Bertz CT molecular complexity index is 516. The first-order valence-corrected chi connectivity index (χ1v) is 6.66. The van der Waals surface area contributed by atoms with Gasteiger partial charge in [-0.05, 0) is 31.0 Å². The summed E-state index contributed by atoms with van der Waals surface area (Å²) in [7, 11) is 4.81. The van der Waals surface area contributed by atoms with E-state index in [9.17, 15) is 9.59 Å². The number of methoxy groups -OCH3 is 2. The minimum atomic E-state index is -0.805. The molecule has 6 nitrogen and oxygen atoms in total. The van der Waals surface area contributed by atoms with Gasteiger partial charge in [-0.1, -0.05) is 6.07 Å². The highest BCUT2D eigenvalue weighted by Gasteiger charge is 2.22. The van der Waals surface area contributed by atoms with Crippen LogP contribution in [0.15, 0.2) is 18.2 Å². The number of ether oxygens (including phenoxy) is 2. The van der Waals surface area contributed by atoms with E-state index in [-0.39, 0.29) is 5.91 Å². The summed E-state index contributed by atoms with van der Waals surface area (Å²) in [5, 5.41) is 0. The molecule has 1 rings (SSSR count). The molecule has 1 aromatic carbocycles. The quantitative estimate of drug-likeness (QED) is 0.755. The fourth-order valence-electron chi connectivity index (χ4n) is 1.90. The van der Waals surface area contributed by atoms with Gasteiger partial charge in [0.15, 0.2) is 11.5 Å². The first-order valence-electron chi connectivity index (χ1n) is 6.66. The van der Waals surface area contributed by atoms with E-state index in [2.05, 4.69) is 0 Å². The summed E-state index contributed by atoms with van der Waals surface area (Å²) >= 11 is 0. The fraction of sp³-hybridized carbons (Fsp3) is 0.467. The minimum Gasteiger partial charge on any atom is -0.493 e. The van der Waals surface area contributed by atoms with Gasteiger partial charge in [0, 0.05) is 13.6 Å². The molecular formula is C15H22N2O4. The maximum absolute atomic E-state index is 11.9. The van der Waals surface area contributed by atoms with E-state index in [0.717, 1.165) is 5.56 Å². The van der Waals surface area contributed by atoms with Crippen LogP contribution in [-0.2, 0) is 16.0 Å². The topological polar surface area (TPSA) is 81.9 Å². The molecule has 2 N–H and O–H groups in total. The molecule has 0 aliphatic rings. The molecule has 0 bridgehead atoms. The maximum atomic E-state index is 11.9. The van der Waals surface area contributed by atoms with E-state index in [1.165, 1.54) is 11.8 Å². The number of likely N-dealkylation sites (N-methyl/N-ethyl adjacent to an activating group) is 1. The van der Waals surface area contributed by atoms with Crippen molar-refractivity contribution < 1.29 is 19.1 Å². The van der Waals surface area contributed by atoms with Gasteiger partial charge < -0.3 is 20.1 Å². The highest BCUT2D eigenvalue weighted by atomic mass is 16.5. The highest BCUT2D eigenvalue weighted by Crippen LogP contribution is 2.27. The summed E-state index contributed by atoms with van der Waals surface area (Å²) in [6, 6.07) is 5.61. The summed E-state index contributed by atoms with van der Waals surface area (Å²) in [5.41, 5.74) is 6.15. The van der Waals surface area contributed by atoms with Crippen molar-refractivity contribution >= 4 is 11.8 Å². The molecular weight excluding hydrogens is 272 g/mol. The average molecular weight is 294 g/mol. The van der Waals surface area contributed by atoms with Gasteiger partial charge in [-0.3, -0.25) is 9.59 Å². The Morgan fingerprint density at radius 1 is 1.24 bits per heavy atom. The molecule has 21 heavy (non-hydrogen) atoms. The SMILES string of the molecule is COc1ccc(CCN(C)C(=O)C(C)C(N)=O)cc1OC. The Morgan fingerprint density at radius 2 is 1.86 bits per heavy atom. The fourth-order valence-corrected chi connectivity index (χ4v) is 1.90. The molecule has 0 aliphatic carbocycles. The molecule has 1 unspecified atom stereocenters. The van der Waals surface area contributed by atoms with Crippen molar-refractivity contribution in [3.8, 4) is 11.5 Å². The van der Waals surface area contributed by atoms with Crippen LogP contribution < -0.4 is 15.2 Å². The van der Waals surface area contributed by atoms with Gasteiger partial charge in [-0.15, -0.1) is 0 Å². The van der Waals surface area contributed by atoms with Crippen molar-refractivity contribution in [2.75, 3.05) is 27.8 Å². The normalized spacial score (nSPS) is 11.6. The number of amides is 2. The summed E-state index contributed by atoms with van der Waals surface area (Å²) < 4.78 is 10.4. The third-order valence-electron chi connectivity index (χ3n) is 3.36. The Hall–Kier alpha value is -2.24. The molecule has 0 aliphatic heterocycles. The first kappa shape index (κ1) is 16.8. The molecule has 1 atom stereocenters. The predicted molar refractivity (Wildman–Crippen MR) is 79.2 cm³/mol. The van der Waals surface area contributed by atoms with Crippen molar-refractivity contribution in [2.24, 2.45) is 11.7 Å². The lowest BCUT2D eigenvalue weighted by molar-refractivity contribution is -0.139. The molecule has 0 saturated heterocycles. The van der Waals surface area contributed by atoms with Gasteiger partial charge in [-0.2, -0.15) is 0 Å². The third-order valence-corrected chi connectivity index (χ3v) is 3.36. The summed E-state index contributed by atoms with van der Waals surface area (Å²) in [4.78, 5) is 24.4. The molecule has 0 aromatic heterocycles. The number of carbonyl (C=O) groups is 2. The zero-order valence-electron chi connectivity index (χ0n) is 12.9. The number of carbonyl (C=O) groups excluding carboxylic acids is 2. The van der Waals surface area contributed by atoms with E-state index in [0.29, 0.717) is 24.5 Å². The Balaban J connectivity index is 2.67. The monoisotopic (exact) mass is 294 g/mol. The number of nitrogens with two attached hydrogens (primary N) is 1. The average Bonchev–Trinajstić information content (AvgIpc) is 2.50. The second-order valence-electron chi connectivity index (χ2n) is 4.82. The zero-order valence-corrected chi connectivity index (χ0v) is 12.9. The number of rotatable bonds is 7. The summed E-state index contributed by atoms with van der Waals surface area (Å²) in [5.74, 6) is -0.385. The number of nitrogens with zero attached hydrogens (tertiary/aromatic N) is 1. The van der Waals surface area contributed by atoms with E-state index in [1.807, 2.05) is 18.2 Å². The minimum absolute atomic E-state index is 0.275. The lowest BCUT2D eigenvalue weighted by atomic mass is 10.1. The van der Waals surface area contributed by atoms with E-state index >= 15 is 0 Å². The molecule has 0 fully saturated rings. The van der Waals surface area contributed by atoms with Crippen molar-refractivity contribution in [1.29, 1.82) is 0 Å². The van der Waals surface area contributed by atoms with Crippen molar-refractivity contribution in [3.05, 3.63) is 23.8 Å². The van der Waals surface area contributed by atoms with Crippen LogP contribution in [0.2, 0.25) is 0 Å². The standard InChI is InChI=1S/C15H22N2O4/c1-10(14(16)18)15(19)17(2)8-7-11-5-6-12(20-3)13(9-11)21-4/h5-6,9-10H,7-8H2,1-4H3,(H2,16,18). The van der Waals surface area contributed by atoms with Crippen LogP contribution >= 0.6 is 0 Å². The Kier molecular flexibility index (Phi) is 6.02. The molecule has 1 aromatic rings. The van der Waals surface area contributed by atoms with Gasteiger partial charge in [0.25, 0.3) is 0 Å². The first-order chi connectivity index (χ1) is 9.90. The molecule has 6 heteroatoms. The largest absolute Gasteiger partial charge is 0.493 e. The lowest BCUT2D eigenvalue weighted by Crippen LogP contribution is -2.39. The molecule has 0 radical (unpaired) electrons. The maximum Gasteiger partial charge on any atom is 0.234 e. The predicted octanol–water partition coefficient (Wildman–Crippen LogP) is 0.826. The molecule has 0 heterocycles. The number of hydrogen-bond acceptors (Lipinski definition) is 4. The third kappa shape index (κ3) is 4.37. The second kappa shape index (κ2) is 7.52. The van der Waals surface area contributed by atoms with Crippen LogP contribution in [0, 0.1) is 5.92 Å². The lowest BCUT2D eigenvalue weighted by Gasteiger charge is -2.20. The molecule has 0 saturated carbocycles. The molecule has 0 spiro atoms. The van der Waals surface area contributed by atoms with Gasteiger partial charge in [0.1, 0.15) is 5.92 Å². The van der Waals surface area contributed by atoms with E-state index < -0.39 is 11.8 Å². The Labute approximate surface area is 124 Å². The van der Waals surface area contributed by atoms with Gasteiger partial charge in [0.05, 0.1) is 14.2 Å². The number of primary amides is 1. The van der Waals surface area contributed by atoms with Crippen LogP contribution in [0.25, 0.3) is 0 Å². The summed E-state index contributed by atoms with van der Waals surface area (Å²) in [6.45, 7) is 2.00. The van der Waals surface area contributed by atoms with Crippen LogP contribution in [0.1, 0.15) is 12.5 Å². The summed E-state index contributed by atoms with van der Waals surface area (Å²) in [6.07, 6.45) is 0.647. The molecule has 116 valence electrons. The van der Waals surface area contributed by atoms with E-state index in [4.69, 9.17) is 15.2 Å². The van der Waals surface area contributed by atoms with Crippen molar-refractivity contribution in [3.63, 3.8) is 0 Å². The van der Waals surface area contributed by atoms with Gasteiger partial charge in [0.2, 0.25) is 11.8 Å². The van der Waals surface area contributed by atoms with Crippen LogP contribution in [0.4, 0.5) is 0 Å². The zero-order chi connectivity index (χ0) is 16.0. The van der Waals surface area contributed by atoms with Crippen molar-refractivity contribution in [2.45, 2.75) is 13.3 Å². The van der Waals surface area contributed by atoms with E-state index in [1.54, 1.807) is 21.3 Å². The molecule has 2 amide bonds. The smallest absolute Gasteiger partial charge is 0.234 e. The van der Waals surface area contributed by atoms with Crippen LogP contribution in [0.5, 0.6) is 11.5 Å². The van der Waals surface area contributed by atoms with Gasteiger partial charge >= 0.3 is 0 Å². The number of hydrogen-bond donors (Lipinski definition) is 1. The van der Waals surface area contributed by atoms with Gasteiger partial charge in [-0.25, -0.2) is 0 Å².